The number of morpholine rings is 1. The van der Waals surface area contributed by atoms with Crippen LogP contribution in [0.5, 0.6) is 0 Å². The van der Waals surface area contributed by atoms with Crippen LogP contribution in [-0.4, -0.2) is 36.4 Å². The highest BCUT2D eigenvalue weighted by Gasteiger charge is 2.22. The summed E-state index contributed by atoms with van der Waals surface area (Å²) in [5, 5.41) is 6.64. The quantitative estimate of drug-likeness (QED) is 0.755. The zero-order chi connectivity index (χ0) is 18.8. The molecular formula is C20H21N3O4. The number of hydrogen-bond donors (Lipinski definition) is 1. The molecule has 1 aliphatic heterocycles. The van der Waals surface area contributed by atoms with Gasteiger partial charge in [0.1, 0.15) is 0 Å². The summed E-state index contributed by atoms with van der Waals surface area (Å²) in [5.74, 6) is 0.605. The molecule has 1 fully saturated rings. The normalized spacial score (nSPS) is 19.9. The Kier molecular flexibility index (Phi) is 4.68. The molecule has 27 heavy (non-hydrogen) atoms. The Morgan fingerprint density at radius 3 is 2.52 bits per heavy atom. The molecule has 2 aromatic heterocycles. The van der Waals surface area contributed by atoms with Crippen molar-refractivity contribution in [2.24, 2.45) is 0 Å². The predicted molar refractivity (Wildman–Crippen MR) is 101 cm³/mol. The van der Waals surface area contributed by atoms with Gasteiger partial charge in [0.15, 0.2) is 11.5 Å². The number of aromatic nitrogens is 1. The van der Waals surface area contributed by atoms with Crippen molar-refractivity contribution in [3.05, 3.63) is 54.4 Å². The van der Waals surface area contributed by atoms with Crippen molar-refractivity contribution in [3.63, 3.8) is 0 Å². The van der Waals surface area contributed by atoms with Gasteiger partial charge < -0.3 is 23.9 Å². The van der Waals surface area contributed by atoms with Crippen LogP contribution in [-0.2, 0) is 4.74 Å². The number of carbonyl (C=O) groups excluding carboxylic acids is 1. The number of amides is 1. The molecular weight excluding hydrogens is 346 g/mol. The number of nitrogens with zero attached hydrogens (tertiary/aromatic N) is 2. The minimum absolute atomic E-state index is 0.196. The average molecular weight is 367 g/mol. The molecule has 0 aliphatic carbocycles. The van der Waals surface area contributed by atoms with Gasteiger partial charge in [-0.05, 0) is 50.2 Å². The van der Waals surface area contributed by atoms with Crippen molar-refractivity contribution in [1.29, 1.82) is 0 Å². The molecule has 2 atom stereocenters. The highest BCUT2D eigenvalue weighted by Crippen LogP contribution is 2.24. The molecule has 7 nitrogen and oxygen atoms in total. The fourth-order valence-electron chi connectivity index (χ4n) is 3.26. The number of hydrogen-bond acceptors (Lipinski definition) is 6. The van der Waals surface area contributed by atoms with Gasteiger partial charge in [-0.3, -0.25) is 4.79 Å². The number of nitrogens with one attached hydrogen (secondary N) is 1. The lowest BCUT2D eigenvalue weighted by molar-refractivity contribution is -0.00521. The van der Waals surface area contributed by atoms with Gasteiger partial charge in [0.2, 0.25) is 5.76 Å². The van der Waals surface area contributed by atoms with E-state index in [0.29, 0.717) is 17.2 Å². The fraction of sp³-hybridized carbons (Fsp3) is 0.300. The van der Waals surface area contributed by atoms with E-state index in [4.69, 9.17) is 13.7 Å². The molecule has 1 N–H and O–H groups in total. The third-order valence-electron chi connectivity index (χ3n) is 4.42. The lowest BCUT2D eigenvalue weighted by atomic mass is 10.2. The Hall–Kier alpha value is -3.06. The predicted octanol–water partition coefficient (Wildman–Crippen LogP) is 3.80. The minimum atomic E-state index is -0.335. The number of ether oxygens (including phenoxy) is 1. The molecule has 0 saturated carbocycles. The van der Waals surface area contributed by atoms with Crippen molar-refractivity contribution >= 4 is 17.3 Å². The average Bonchev–Trinajstić information content (AvgIpc) is 3.33. The Morgan fingerprint density at radius 1 is 1.11 bits per heavy atom. The van der Waals surface area contributed by atoms with Gasteiger partial charge in [-0.15, -0.1) is 0 Å². The summed E-state index contributed by atoms with van der Waals surface area (Å²) < 4.78 is 16.2. The summed E-state index contributed by atoms with van der Waals surface area (Å²) in [6.07, 6.45) is 1.93. The lowest BCUT2D eigenvalue weighted by Gasteiger charge is -2.36. The summed E-state index contributed by atoms with van der Waals surface area (Å²) in [6.45, 7) is 5.85. The number of benzene rings is 1. The molecule has 1 saturated heterocycles. The zero-order valence-corrected chi connectivity index (χ0v) is 15.2. The maximum Gasteiger partial charge on any atom is 0.277 e. The molecule has 7 heteroatoms. The molecule has 1 amide bonds. The first-order valence-electron chi connectivity index (χ1n) is 8.91. The second-order valence-electron chi connectivity index (χ2n) is 6.72. The molecule has 1 aromatic carbocycles. The van der Waals surface area contributed by atoms with Gasteiger partial charge in [-0.25, -0.2) is 0 Å². The first-order chi connectivity index (χ1) is 13.1. The van der Waals surface area contributed by atoms with Crippen molar-refractivity contribution < 1.29 is 18.5 Å². The van der Waals surface area contributed by atoms with Crippen LogP contribution in [0.1, 0.15) is 24.3 Å². The highest BCUT2D eigenvalue weighted by atomic mass is 16.5. The topological polar surface area (TPSA) is 80.7 Å². The van der Waals surface area contributed by atoms with Crippen LogP contribution in [0.4, 0.5) is 11.4 Å². The maximum atomic E-state index is 12.4. The summed E-state index contributed by atoms with van der Waals surface area (Å²) in [5.41, 5.74) is 2.00. The van der Waals surface area contributed by atoms with Crippen molar-refractivity contribution in [3.8, 4) is 11.5 Å². The third-order valence-corrected chi connectivity index (χ3v) is 4.42. The fourth-order valence-corrected chi connectivity index (χ4v) is 3.26. The number of furan rings is 1. The van der Waals surface area contributed by atoms with Gasteiger partial charge in [0.25, 0.3) is 5.91 Å². The number of rotatable bonds is 4. The zero-order valence-electron chi connectivity index (χ0n) is 15.2. The van der Waals surface area contributed by atoms with Crippen LogP contribution in [0.15, 0.2) is 57.7 Å². The Labute approximate surface area is 156 Å². The summed E-state index contributed by atoms with van der Waals surface area (Å²) in [7, 11) is 0. The smallest absolute Gasteiger partial charge is 0.277 e. The van der Waals surface area contributed by atoms with Gasteiger partial charge in [0.05, 0.1) is 18.5 Å². The highest BCUT2D eigenvalue weighted by molar-refractivity contribution is 6.03. The van der Waals surface area contributed by atoms with Crippen LogP contribution in [0.2, 0.25) is 0 Å². The summed E-state index contributed by atoms with van der Waals surface area (Å²) in [6, 6.07) is 12.8. The van der Waals surface area contributed by atoms with E-state index in [1.807, 2.05) is 24.3 Å². The van der Waals surface area contributed by atoms with Gasteiger partial charge in [-0.2, -0.15) is 0 Å². The number of carbonyl (C=O) groups is 1. The molecule has 0 bridgehead atoms. The van der Waals surface area contributed by atoms with E-state index in [9.17, 15) is 4.79 Å². The Morgan fingerprint density at radius 2 is 1.85 bits per heavy atom. The first-order valence-corrected chi connectivity index (χ1v) is 8.91. The van der Waals surface area contributed by atoms with Crippen LogP contribution in [0.3, 0.4) is 0 Å². The summed E-state index contributed by atoms with van der Waals surface area (Å²) in [4.78, 5) is 14.7. The monoisotopic (exact) mass is 367 g/mol. The molecule has 0 radical (unpaired) electrons. The van der Waals surface area contributed by atoms with E-state index in [-0.39, 0.29) is 23.8 Å². The van der Waals surface area contributed by atoms with Crippen LogP contribution >= 0.6 is 0 Å². The molecule has 3 heterocycles. The van der Waals surface area contributed by atoms with Gasteiger partial charge in [-0.1, -0.05) is 5.16 Å². The van der Waals surface area contributed by atoms with E-state index in [0.717, 1.165) is 18.8 Å². The van der Waals surface area contributed by atoms with E-state index < -0.39 is 0 Å². The van der Waals surface area contributed by atoms with E-state index in [1.165, 1.54) is 6.26 Å². The molecule has 140 valence electrons. The van der Waals surface area contributed by atoms with Crippen LogP contribution in [0, 0.1) is 0 Å². The third kappa shape index (κ3) is 3.88. The lowest BCUT2D eigenvalue weighted by Crippen LogP contribution is -2.45. The number of anilines is 2. The maximum absolute atomic E-state index is 12.4. The van der Waals surface area contributed by atoms with Crippen molar-refractivity contribution in [2.75, 3.05) is 23.3 Å². The van der Waals surface area contributed by atoms with E-state index in [2.05, 4.69) is 29.2 Å². The standard InChI is InChI=1S/C20H21N3O4/c1-13-11-23(12-14(2)26-13)16-7-5-15(6-8-16)21-20(24)17-10-19(27-22-17)18-4-3-9-25-18/h3-10,13-14H,11-12H2,1-2H3,(H,21,24)/t13-,14-/m0/s1. The Balaban J connectivity index is 1.42. The second-order valence-corrected chi connectivity index (χ2v) is 6.72. The largest absolute Gasteiger partial charge is 0.461 e. The van der Waals surface area contributed by atoms with E-state index in [1.54, 1.807) is 18.2 Å². The van der Waals surface area contributed by atoms with Crippen molar-refractivity contribution in [1.82, 2.24) is 5.16 Å². The van der Waals surface area contributed by atoms with Crippen LogP contribution in [0.25, 0.3) is 11.5 Å². The van der Waals surface area contributed by atoms with Crippen LogP contribution < -0.4 is 10.2 Å². The van der Waals surface area contributed by atoms with Gasteiger partial charge >= 0.3 is 0 Å². The molecule has 1 aliphatic rings. The molecule has 0 spiro atoms. The van der Waals surface area contributed by atoms with Gasteiger partial charge in [0, 0.05) is 30.5 Å². The first kappa shape index (κ1) is 17.4. The Bertz CT molecular complexity index is 892. The SMILES string of the molecule is C[C@H]1CN(c2ccc(NC(=O)c3cc(-c4ccco4)on3)cc2)C[C@H](C)O1. The minimum Gasteiger partial charge on any atom is -0.461 e. The van der Waals surface area contributed by atoms with E-state index >= 15 is 0 Å². The summed E-state index contributed by atoms with van der Waals surface area (Å²) >= 11 is 0. The van der Waals surface area contributed by atoms with Crippen molar-refractivity contribution in [2.45, 2.75) is 26.1 Å². The molecule has 3 aromatic rings. The molecule has 4 rings (SSSR count). The second kappa shape index (κ2) is 7.28. The molecule has 0 unspecified atom stereocenters.